The van der Waals surface area contributed by atoms with E-state index in [1.54, 1.807) is 0 Å². The zero-order chi connectivity index (χ0) is 16.9. The van der Waals surface area contributed by atoms with E-state index in [0.29, 0.717) is 31.3 Å². The SMILES string of the molecule is COCCN(N(O)[N+](=O)OC1CCC(C(=O)O)C1)C(C)(C)C. The molecule has 0 aliphatic heterocycles. The maximum Gasteiger partial charge on any atom is 0.403 e. The average molecular weight is 320 g/mol. The molecular weight excluding hydrogens is 294 g/mol. The van der Waals surface area contributed by atoms with Crippen molar-refractivity contribution in [2.75, 3.05) is 20.3 Å². The van der Waals surface area contributed by atoms with Crippen molar-refractivity contribution >= 4 is 5.97 Å². The highest BCUT2D eigenvalue weighted by Crippen LogP contribution is 2.28. The second-order valence-corrected chi connectivity index (χ2v) is 6.37. The summed E-state index contributed by atoms with van der Waals surface area (Å²) < 4.78 is 4.97. The molecule has 1 aliphatic rings. The van der Waals surface area contributed by atoms with Gasteiger partial charge in [0.1, 0.15) is 10.2 Å². The maximum atomic E-state index is 12.0. The average Bonchev–Trinajstić information content (AvgIpc) is 2.86. The number of ether oxygens (including phenoxy) is 1. The van der Waals surface area contributed by atoms with Gasteiger partial charge in [-0.25, -0.2) is 5.21 Å². The zero-order valence-electron chi connectivity index (χ0n) is 13.6. The van der Waals surface area contributed by atoms with Gasteiger partial charge in [0.2, 0.25) is 0 Å². The lowest BCUT2D eigenvalue weighted by atomic mass is 10.1. The van der Waals surface area contributed by atoms with Gasteiger partial charge in [-0.3, -0.25) is 4.79 Å². The molecular formula is C13H26N3O6+. The third-order valence-corrected chi connectivity index (χ3v) is 3.62. The van der Waals surface area contributed by atoms with E-state index >= 15 is 0 Å². The Labute approximate surface area is 129 Å². The van der Waals surface area contributed by atoms with Crippen molar-refractivity contribution in [2.45, 2.75) is 51.7 Å². The molecule has 1 rings (SSSR count). The van der Waals surface area contributed by atoms with Gasteiger partial charge in [0, 0.05) is 19.1 Å². The topological polar surface area (TPSA) is 103 Å². The highest BCUT2D eigenvalue weighted by atomic mass is 16.9. The number of hydrogen-bond acceptors (Lipinski definition) is 6. The van der Waals surface area contributed by atoms with Gasteiger partial charge in [-0.05, 0) is 33.6 Å². The normalized spacial score (nSPS) is 21.9. The van der Waals surface area contributed by atoms with Gasteiger partial charge >= 0.3 is 11.0 Å². The Morgan fingerprint density at radius 3 is 2.45 bits per heavy atom. The fraction of sp³-hybridized carbons (Fsp3) is 0.923. The quantitative estimate of drug-likeness (QED) is 0.644. The van der Waals surface area contributed by atoms with Crippen LogP contribution in [0.15, 0.2) is 0 Å². The number of aliphatic carboxylic acids is 1. The summed E-state index contributed by atoms with van der Waals surface area (Å²) in [6.45, 7) is 6.11. The van der Waals surface area contributed by atoms with E-state index in [1.807, 2.05) is 20.8 Å². The Morgan fingerprint density at radius 1 is 1.36 bits per heavy atom. The summed E-state index contributed by atoms with van der Waals surface area (Å²) in [5, 5.41) is 20.7. The molecule has 0 aromatic rings. The van der Waals surface area contributed by atoms with Crippen molar-refractivity contribution < 1.29 is 29.7 Å². The van der Waals surface area contributed by atoms with Gasteiger partial charge in [-0.1, -0.05) is 0 Å². The van der Waals surface area contributed by atoms with E-state index < -0.39 is 23.5 Å². The molecule has 1 saturated carbocycles. The molecule has 0 heterocycles. The number of hydrazine groups is 2. The standard InChI is InChI=1S/C13H25N3O6/c1-13(2,3)14(7-8-21-4)15(19)16(20)22-11-6-5-10(9-11)12(17)18/h10-11,19H,5-9H2,1-4H3/p+1. The lowest BCUT2D eigenvalue weighted by Gasteiger charge is -2.33. The summed E-state index contributed by atoms with van der Waals surface area (Å²) in [4.78, 5) is 28.0. The molecule has 0 saturated heterocycles. The van der Waals surface area contributed by atoms with E-state index in [9.17, 15) is 14.9 Å². The lowest BCUT2D eigenvalue weighted by Crippen LogP contribution is -2.56. The van der Waals surface area contributed by atoms with Crippen LogP contribution in [-0.4, -0.2) is 63.5 Å². The Morgan fingerprint density at radius 2 is 2.00 bits per heavy atom. The summed E-state index contributed by atoms with van der Waals surface area (Å²) in [7, 11) is 1.53. The number of carbonyl (C=O) groups is 1. The summed E-state index contributed by atoms with van der Waals surface area (Å²) in [5.74, 6) is -1.39. The minimum absolute atomic E-state index is 0.00416. The van der Waals surface area contributed by atoms with Crippen molar-refractivity contribution in [1.82, 2.24) is 10.3 Å². The number of methoxy groups -OCH3 is 1. The van der Waals surface area contributed by atoms with E-state index in [4.69, 9.17) is 14.7 Å². The Bertz CT molecular complexity index is 398. The van der Waals surface area contributed by atoms with Crippen LogP contribution >= 0.6 is 0 Å². The Hall–Kier alpha value is -1.45. The lowest BCUT2D eigenvalue weighted by molar-refractivity contribution is -0.980. The monoisotopic (exact) mass is 320 g/mol. The van der Waals surface area contributed by atoms with Gasteiger partial charge in [0.15, 0.2) is 6.10 Å². The van der Waals surface area contributed by atoms with Gasteiger partial charge in [-0.2, -0.15) is 4.84 Å². The van der Waals surface area contributed by atoms with Crippen LogP contribution in [-0.2, 0) is 14.4 Å². The number of nitrogens with zero attached hydrogens (tertiary/aromatic N) is 3. The highest BCUT2D eigenvalue weighted by Gasteiger charge is 2.41. The molecule has 2 atom stereocenters. The first-order valence-corrected chi connectivity index (χ1v) is 7.29. The largest absolute Gasteiger partial charge is 0.481 e. The molecule has 0 bridgehead atoms. The molecule has 2 unspecified atom stereocenters. The van der Waals surface area contributed by atoms with Crippen LogP contribution in [0.25, 0.3) is 0 Å². The van der Waals surface area contributed by atoms with Crippen LogP contribution in [0.2, 0.25) is 0 Å². The first-order chi connectivity index (χ1) is 10.2. The third kappa shape index (κ3) is 5.08. The van der Waals surface area contributed by atoms with Crippen molar-refractivity contribution in [3.05, 3.63) is 4.91 Å². The summed E-state index contributed by atoms with van der Waals surface area (Å²) >= 11 is 0. The zero-order valence-corrected chi connectivity index (χ0v) is 13.6. The number of rotatable bonds is 8. The van der Waals surface area contributed by atoms with Crippen LogP contribution in [0.3, 0.4) is 0 Å². The van der Waals surface area contributed by atoms with Gasteiger partial charge < -0.3 is 9.84 Å². The fourth-order valence-corrected chi connectivity index (χ4v) is 2.39. The van der Waals surface area contributed by atoms with E-state index in [2.05, 4.69) is 0 Å². The number of hydrogen-bond donors (Lipinski definition) is 2. The molecule has 0 spiro atoms. The summed E-state index contributed by atoms with van der Waals surface area (Å²) in [6.07, 6.45) is 0.677. The van der Waals surface area contributed by atoms with E-state index in [1.165, 1.54) is 12.1 Å². The van der Waals surface area contributed by atoms with Crippen LogP contribution in [0.1, 0.15) is 40.0 Å². The second-order valence-electron chi connectivity index (χ2n) is 6.37. The highest BCUT2D eigenvalue weighted by molar-refractivity contribution is 5.70. The first-order valence-electron chi connectivity index (χ1n) is 7.29. The van der Waals surface area contributed by atoms with E-state index in [-0.39, 0.29) is 11.5 Å². The summed E-state index contributed by atoms with van der Waals surface area (Å²) in [6, 6.07) is 0. The molecule has 1 fully saturated rings. The molecule has 0 radical (unpaired) electrons. The Kier molecular flexibility index (Phi) is 6.51. The maximum absolute atomic E-state index is 12.0. The van der Waals surface area contributed by atoms with Crippen LogP contribution < -0.4 is 0 Å². The van der Waals surface area contributed by atoms with Gasteiger partial charge in [0.05, 0.1) is 19.1 Å². The number of carboxylic acids is 1. The smallest absolute Gasteiger partial charge is 0.403 e. The molecule has 0 aromatic carbocycles. The van der Waals surface area contributed by atoms with E-state index in [0.717, 1.165) is 0 Å². The Balaban J connectivity index is 2.60. The molecule has 22 heavy (non-hydrogen) atoms. The van der Waals surface area contributed by atoms with Crippen molar-refractivity contribution in [1.29, 1.82) is 0 Å². The van der Waals surface area contributed by atoms with Crippen molar-refractivity contribution in [3.8, 4) is 0 Å². The van der Waals surface area contributed by atoms with Crippen LogP contribution in [0.5, 0.6) is 0 Å². The van der Waals surface area contributed by atoms with Crippen molar-refractivity contribution in [2.24, 2.45) is 5.92 Å². The minimum Gasteiger partial charge on any atom is -0.481 e. The molecule has 9 heteroatoms. The van der Waals surface area contributed by atoms with Crippen LogP contribution in [0.4, 0.5) is 0 Å². The molecule has 1 aliphatic carbocycles. The predicted octanol–water partition coefficient (Wildman–Crippen LogP) is 1.22. The molecule has 0 amide bonds. The third-order valence-electron chi connectivity index (χ3n) is 3.62. The fourth-order valence-electron chi connectivity index (χ4n) is 2.39. The molecule has 2 N–H and O–H groups in total. The number of carboxylic acid groups (broad SMARTS) is 1. The van der Waals surface area contributed by atoms with Gasteiger partial charge in [-0.15, -0.1) is 5.01 Å². The minimum atomic E-state index is -0.888. The summed E-state index contributed by atoms with van der Waals surface area (Å²) in [5.41, 5.74) is -0.529. The van der Waals surface area contributed by atoms with Crippen molar-refractivity contribution in [3.63, 3.8) is 0 Å². The first kappa shape index (κ1) is 18.6. The second kappa shape index (κ2) is 7.70. The molecule has 0 aromatic heterocycles. The van der Waals surface area contributed by atoms with Gasteiger partial charge in [0.25, 0.3) is 0 Å². The molecule has 128 valence electrons. The molecule has 9 nitrogen and oxygen atoms in total. The predicted molar refractivity (Wildman–Crippen MR) is 75.4 cm³/mol. The van der Waals surface area contributed by atoms with Crippen LogP contribution in [0, 0.1) is 10.8 Å².